The van der Waals surface area contributed by atoms with Gasteiger partial charge in [0.05, 0.1) is 0 Å². The molecular weight excluding hydrogens is 310 g/mol. The predicted octanol–water partition coefficient (Wildman–Crippen LogP) is 4.25. The van der Waals surface area contributed by atoms with Crippen LogP contribution in [0.1, 0.15) is 31.2 Å². The van der Waals surface area contributed by atoms with Crippen LogP contribution in [0.25, 0.3) is 0 Å². The molecule has 0 atom stereocenters. The van der Waals surface area contributed by atoms with Crippen LogP contribution in [0.5, 0.6) is 0 Å². The number of thiophene rings is 1. The van der Waals surface area contributed by atoms with Crippen molar-refractivity contribution in [3.63, 3.8) is 0 Å². The normalized spacial score (nSPS) is 10.7. The Morgan fingerprint density at radius 3 is 2.39 bits per heavy atom. The molecule has 0 radical (unpaired) electrons. The number of hydrogen-bond acceptors (Lipinski definition) is 3. The number of nitrogen functional groups attached to an aromatic ring is 1. The summed E-state index contributed by atoms with van der Waals surface area (Å²) in [6.45, 7) is 5.86. The molecule has 2 aromatic rings. The van der Waals surface area contributed by atoms with Gasteiger partial charge in [0.15, 0.2) is 5.78 Å². The van der Waals surface area contributed by atoms with E-state index in [-0.39, 0.29) is 5.78 Å². The minimum Gasteiger partial charge on any atom is -0.398 e. The first-order chi connectivity index (χ1) is 8.40. The van der Waals surface area contributed by atoms with Crippen molar-refractivity contribution in [1.82, 2.24) is 0 Å². The number of benzene rings is 1. The first-order valence-corrected chi connectivity index (χ1v) is 7.18. The minimum absolute atomic E-state index is 0.0438. The highest BCUT2D eigenvalue weighted by atomic mass is 79.9. The topological polar surface area (TPSA) is 43.1 Å². The maximum absolute atomic E-state index is 12.5. The molecule has 1 heterocycles. The first kappa shape index (κ1) is 13.3. The zero-order valence-electron chi connectivity index (χ0n) is 10.5. The first-order valence-electron chi connectivity index (χ1n) is 5.57. The van der Waals surface area contributed by atoms with Gasteiger partial charge in [-0.3, -0.25) is 4.79 Å². The number of carbonyl (C=O) groups is 1. The SMILES string of the molecule is Cc1cc(C(=O)c2cc(Br)cc(N)c2C)c(C)s1. The van der Waals surface area contributed by atoms with Crippen molar-refractivity contribution in [2.45, 2.75) is 20.8 Å². The zero-order chi connectivity index (χ0) is 13.4. The summed E-state index contributed by atoms with van der Waals surface area (Å²) in [7, 11) is 0. The van der Waals surface area contributed by atoms with Gasteiger partial charge in [-0.2, -0.15) is 0 Å². The van der Waals surface area contributed by atoms with Gasteiger partial charge in [-0.15, -0.1) is 11.3 Å². The number of rotatable bonds is 2. The zero-order valence-corrected chi connectivity index (χ0v) is 12.9. The minimum atomic E-state index is 0.0438. The predicted molar refractivity (Wildman–Crippen MR) is 80.5 cm³/mol. The van der Waals surface area contributed by atoms with E-state index in [2.05, 4.69) is 15.9 Å². The average Bonchev–Trinajstić information content (AvgIpc) is 2.62. The number of aryl methyl sites for hydroxylation is 2. The van der Waals surface area contributed by atoms with E-state index >= 15 is 0 Å². The maximum atomic E-state index is 12.5. The standard InChI is InChI=1S/C14H14BrNOS/c1-7-4-12(9(3)18-7)14(17)11-5-10(15)6-13(16)8(11)2/h4-6H,16H2,1-3H3. The molecule has 1 aromatic carbocycles. The van der Waals surface area contributed by atoms with Crippen LogP contribution in [0, 0.1) is 20.8 Å². The Morgan fingerprint density at radius 2 is 1.83 bits per heavy atom. The highest BCUT2D eigenvalue weighted by molar-refractivity contribution is 9.10. The molecule has 0 unspecified atom stereocenters. The average molecular weight is 324 g/mol. The van der Waals surface area contributed by atoms with Gasteiger partial charge in [-0.1, -0.05) is 15.9 Å². The number of ketones is 1. The quantitative estimate of drug-likeness (QED) is 0.663. The van der Waals surface area contributed by atoms with Gasteiger partial charge in [0, 0.05) is 31.0 Å². The van der Waals surface area contributed by atoms with Crippen LogP contribution in [-0.4, -0.2) is 5.78 Å². The molecule has 0 bridgehead atoms. The molecule has 4 heteroatoms. The van der Waals surface area contributed by atoms with Crippen molar-refractivity contribution in [1.29, 1.82) is 0 Å². The van der Waals surface area contributed by atoms with Crippen molar-refractivity contribution in [2.75, 3.05) is 5.73 Å². The fraction of sp³-hybridized carbons (Fsp3) is 0.214. The Kier molecular flexibility index (Phi) is 3.59. The number of hydrogen-bond donors (Lipinski definition) is 1. The van der Waals surface area contributed by atoms with Gasteiger partial charge in [0.25, 0.3) is 0 Å². The third kappa shape index (κ3) is 2.35. The van der Waals surface area contributed by atoms with Crippen LogP contribution in [0.15, 0.2) is 22.7 Å². The molecule has 1 aromatic heterocycles. The summed E-state index contributed by atoms with van der Waals surface area (Å²) >= 11 is 5.02. The number of halogens is 1. The molecule has 0 amide bonds. The van der Waals surface area contributed by atoms with E-state index in [9.17, 15) is 4.79 Å². The Bertz CT molecular complexity index is 631. The summed E-state index contributed by atoms with van der Waals surface area (Å²) < 4.78 is 0.832. The Hall–Kier alpha value is -1.13. The summed E-state index contributed by atoms with van der Waals surface area (Å²) in [4.78, 5) is 14.7. The van der Waals surface area contributed by atoms with Crippen molar-refractivity contribution >= 4 is 38.7 Å². The van der Waals surface area contributed by atoms with Crippen molar-refractivity contribution in [3.8, 4) is 0 Å². The molecule has 94 valence electrons. The van der Waals surface area contributed by atoms with E-state index in [0.29, 0.717) is 11.3 Å². The van der Waals surface area contributed by atoms with Gasteiger partial charge < -0.3 is 5.73 Å². The largest absolute Gasteiger partial charge is 0.398 e. The lowest BCUT2D eigenvalue weighted by atomic mass is 9.98. The molecule has 2 N–H and O–H groups in total. The molecular formula is C14H14BrNOS. The van der Waals surface area contributed by atoms with Crippen LogP contribution in [0.3, 0.4) is 0 Å². The van der Waals surface area contributed by atoms with E-state index in [4.69, 9.17) is 5.73 Å². The summed E-state index contributed by atoms with van der Waals surface area (Å²) in [6, 6.07) is 5.59. The summed E-state index contributed by atoms with van der Waals surface area (Å²) in [5.41, 5.74) is 8.82. The smallest absolute Gasteiger partial charge is 0.194 e. The van der Waals surface area contributed by atoms with Crippen LogP contribution >= 0.6 is 27.3 Å². The van der Waals surface area contributed by atoms with E-state index in [1.54, 1.807) is 11.3 Å². The van der Waals surface area contributed by atoms with E-state index in [1.165, 1.54) is 0 Å². The molecule has 2 rings (SSSR count). The highest BCUT2D eigenvalue weighted by Crippen LogP contribution is 2.28. The Morgan fingerprint density at radius 1 is 1.17 bits per heavy atom. The second-order valence-corrected chi connectivity index (χ2v) is 6.70. The number of nitrogens with two attached hydrogens (primary N) is 1. The maximum Gasteiger partial charge on any atom is 0.194 e. The summed E-state index contributed by atoms with van der Waals surface area (Å²) in [5.74, 6) is 0.0438. The fourth-order valence-corrected chi connectivity index (χ4v) is 3.33. The third-order valence-electron chi connectivity index (χ3n) is 2.94. The van der Waals surface area contributed by atoms with Gasteiger partial charge >= 0.3 is 0 Å². The van der Waals surface area contributed by atoms with Crippen LogP contribution < -0.4 is 5.73 Å². The second kappa shape index (κ2) is 4.86. The van der Waals surface area contributed by atoms with Crippen LogP contribution in [0.2, 0.25) is 0 Å². The van der Waals surface area contributed by atoms with E-state index in [0.717, 1.165) is 25.4 Å². The Labute approximate surface area is 119 Å². The molecule has 0 saturated heterocycles. The van der Waals surface area contributed by atoms with Crippen molar-refractivity contribution in [2.24, 2.45) is 0 Å². The highest BCUT2D eigenvalue weighted by Gasteiger charge is 2.17. The molecule has 0 spiro atoms. The van der Waals surface area contributed by atoms with Crippen LogP contribution in [-0.2, 0) is 0 Å². The lowest BCUT2D eigenvalue weighted by Crippen LogP contribution is -2.06. The van der Waals surface area contributed by atoms with Crippen molar-refractivity contribution in [3.05, 3.63) is 49.1 Å². The lowest BCUT2D eigenvalue weighted by Gasteiger charge is -2.08. The van der Waals surface area contributed by atoms with Gasteiger partial charge in [0.1, 0.15) is 0 Å². The van der Waals surface area contributed by atoms with Crippen LogP contribution in [0.4, 0.5) is 5.69 Å². The molecule has 0 aliphatic heterocycles. The van der Waals surface area contributed by atoms with Gasteiger partial charge in [-0.05, 0) is 44.5 Å². The summed E-state index contributed by atoms with van der Waals surface area (Å²) in [6.07, 6.45) is 0. The molecule has 2 nitrogen and oxygen atoms in total. The number of anilines is 1. The summed E-state index contributed by atoms with van der Waals surface area (Å²) in [5, 5.41) is 0. The monoisotopic (exact) mass is 323 g/mol. The lowest BCUT2D eigenvalue weighted by molar-refractivity contribution is 0.103. The van der Waals surface area contributed by atoms with E-state index < -0.39 is 0 Å². The van der Waals surface area contributed by atoms with Gasteiger partial charge in [-0.25, -0.2) is 0 Å². The van der Waals surface area contributed by atoms with Crippen molar-refractivity contribution < 1.29 is 4.79 Å². The second-order valence-electron chi connectivity index (χ2n) is 4.32. The molecule has 0 saturated carbocycles. The van der Waals surface area contributed by atoms with Gasteiger partial charge in [0.2, 0.25) is 0 Å². The fourth-order valence-electron chi connectivity index (χ4n) is 1.94. The number of carbonyl (C=O) groups excluding carboxylic acids is 1. The molecule has 0 aliphatic carbocycles. The third-order valence-corrected chi connectivity index (χ3v) is 4.37. The molecule has 18 heavy (non-hydrogen) atoms. The Balaban J connectivity index is 2.56. The molecule has 0 aliphatic rings. The molecule has 0 fully saturated rings. The van der Waals surface area contributed by atoms with E-state index in [1.807, 2.05) is 39.0 Å².